The van der Waals surface area contributed by atoms with Crippen molar-refractivity contribution in [3.05, 3.63) is 66.2 Å². The van der Waals surface area contributed by atoms with Gasteiger partial charge in [-0.25, -0.2) is 0 Å². The lowest BCUT2D eigenvalue weighted by molar-refractivity contribution is 0.305. The van der Waals surface area contributed by atoms with Crippen molar-refractivity contribution >= 4 is 6.08 Å². The standard InChI is InChI=1S/C16H16O2/c1-3-13-4-6-14(7-5-13)12-18-16-10-8-15(17-2)9-11-16/h3-11H,1,12H2,2H3. The van der Waals surface area contributed by atoms with Crippen LogP contribution in [0.2, 0.25) is 0 Å². The van der Waals surface area contributed by atoms with Crippen LogP contribution in [0.1, 0.15) is 11.1 Å². The number of rotatable bonds is 5. The fourth-order valence-corrected chi connectivity index (χ4v) is 1.59. The molecule has 0 aliphatic carbocycles. The molecule has 0 fully saturated rings. The van der Waals surface area contributed by atoms with Crippen LogP contribution in [0.5, 0.6) is 11.5 Å². The van der Waals surface area contributed by atoms with E-state index in [0.717, 1.165) is 22.6 Å². The van der Waals surface area contributed by atoms with Gasteiger partial charge in [-0.05, 0) is 35.4 Å². The average Bonchev–Trinajstić information content (AvgIpc) is 2.46. The lowest BCUT2D eigenvalue weighted by Gasteiger charge is -2.07. The molecule has 0 aliphatic rings. The van der Waals surface area contributed by atoms with Gasteiger partial charge in [0.1, 0.15) is 18.1 Å². The van der Waals surface area contributed by atoms with Crippen LogP contribution >= 0.6 is 0 Å². The molecule has 0 heterocycles. The molecule has 0 saturated carbocycles. The molecule has 0 radical (unpaired) electrons. The topological polar surface area (TPSA) is 18.5 Å². The highest BCUT2D eigenvalue weighted by molar-refractivity contribution is 5.47. The van der Waals surface area contributed by atoms with E-state index >= 15 is 0 Å². The van der Waals surface area contributed by atoms with E-state index in [0.29, 0.717) is 6.61 Å². The SMILES string of the molecule is C=Cc1ccc(COc2ccc(OC)cc2)cc1. The molecule has 0 aromatic heterocycles. The van der Waals surface area contributed by atoms with Crippen LogP contribution in [0.3, 0.4) is 0 Å². The van der Waals surface area contributed by atoms with Crippen molar-refractivity contribution in [1.29, 1.82) is 0 Å². The fourth-order valence-electron chi connectivity index (χ4n) is 1.59. The van der Waals surface area contributed by atoms with Gasteiger partial charge >= 0.3 is 0 Å². The zero-order valence-corrected chi connectivity index (χ0v) is 10.4. The molecule has 0 saturated heterocycles. The number of benzene rings is 2. The molecule has 0 N–H and O–H groups in total. The number of hydrogen-bond donors (Lipinski definition) is 0. The summed E-state index contributed by atoms with van der Waals surface area (Å²) in [6, 6.07) is 15.7. The molecule has 92 valence electrons. The molecule has 0 bridgehead atoms. The zero-order chi connectivity index (χ0) is 12.8. The van der Waals surface area contributed by atoms with Gasteiger partial charge in [0.2, 0.25) is 0 Å². The second kappa shape index (κ2) is 5.92. The first kappa shape index (κ1) is 12.2. The predicted octanol–water partition coefficient (Wildman–Crippen LogP) is 3.92. The minimum absolute atomic E-state index is 0.559. The maximum absolute atomic E-state index is 5.68. The van der Waals surface area contributed by atoms with Crippen molar-refractivity contribution in [1.82, 2.24) is 0 Å². The van der Waals surface area contributed by atoms with Crippen molar-refractivity contribution < 1.29 is 9.47 Å². The van der Waals surface area contributed by atoms with Crippen molar-refractivity contribution in [2.45, 2.75) is 6.61 Å². The third-order valence-corrected chi connectivity index (χ3v) is 2.68. The summed E-state index contributed by atoms with van der Waals surface area (Å²) < 4.78 is 10.8. The van der Waals surface area contributed by atoms with Crippen LogP contribution in [0.25, 0.3) is 6.08 Å². The van der Waals surface area contributed by atoms with E-state index in [1.165, 1.54) is 0 Å². The van der Waals surface area contributed by atoms with Crippen molar-refractivity contribution in [2.24, 2.45) is 0 Å². The Hall–Kier alpha value is -2.22. The van der Waals surface area contributed by atoms with Gasteiger partial charge in [-0.3, -0.25) is 0 Å². The van der Waals surface area contributed by atoms with Crippen LogP contribution in [-0.4, -0.2) is 7.11 Å². The first-order chi connectivity index (χ1) is 8.81. The summed E-state index contributed by atoms with van der Waals surface area (Å²) in [5, 5.41) is 0. The normalized spacial score (nSPS) is 9.83. The highest BCUT2D eigenvalue weighted by atomic mass is 16.5. The van der Waals surface area contributed by atoms with Gasteiger partial charge in [-0.1, -0.05) is 36.9 Å². The Kier molecular flexibility index (Phi) is 4.02. The molecule has 2 aromatic rings. The van der Waals surface area contributed by atoms with E-state index in [2.05, 4.69) is 6.58 Å². The smallest absolute Gasteiger partial charge is 0.120 e. The molecule has 0 aliphatic heterocycles. The number of methoxy groups -OCH3 is 1. The van der Waals surface area contributed by atoms with Gasteiger partial charge < -0.3 is 9.47 Å². The Labute approximate surface area is 107 Å². The Morgan fingerprint density at radius 3 is 2.11 bits per heavy atom. The molecule has 0 spiro atoms. The molecule has 2 nitrogen and oxygen atoms in total. The van der Waals surface area contributed by atoms with Crippen molar-refractivity contribution in [3.8, 4) is 11.5 Å². The van der Waals surface area contributed by atoms with Gasteiger partial charge in [-0.2, -0.15) is 0 Å². The van der Waals surface area contributed by atoms with E-state index in [4.69, 9.17) is 9.47 Å². The first-order valence-corrected chi connectivity index (χ1v) is 5.80. The predicted molar refractivity (Wildman–Crippen MR) is 73.9 cm³/mol. The summed E-state index contributed by atoms with van der Waals surface area (Å²) in [4.78, 5) is 0. The third-order valence-electron chi connectivity index (χ3n) is 2.68. The molecule has 0 amide bonds. The van der Waals surface area contributed by atoms with Crippen molar-refractivity contribution in [2.75, 3.05) is 7.11 Å². The summed E-state index contributed by atoms with van der Waals surface area (Å²) >= 11 is 0. The Morgan fingerprint density at radius 1 is 0.944 bits per heavy atom. The van der Waals surface area contributed by atoms with Gasteiger partial charge in [-0.15, -0.1) is 0 Å². The van der Waals surface area contributed by atoms with E-state index < -0.39 is 0 Å². The average molecular weight is 240 g/mol. The summed E-state index contributed by atoms with van der Waals surface area (Å²) in [5.41, 5.74) is 2.25. The second-order valence-corrected chi connectivity index (χ2v) is 3.91. The number of hydrogen-bond acceptors (Lipinski definition) is 2. The molecule has 0 unspecified atom stereocenters. The van der Waals surface area contributed by atoms with Gasteiger partial charge in [0.15, 0.2) is 0 Å². The van der Waals surface area contributed by atoms with Crippen LogP contribution in [0.15, 0.2) is 55.1 Å². The molecule has 18 heavy (non-hydrogen) atoms. The Morgan fingerprint density at radius 2 is 1.56 bits per heavy atom. The maximum atomic E-state index is 5.68. The van der Waals surface area contributed by atoms with Gasteiger partial charge in [0.25, 0.3) is 0 Å². The van der Waals surface area contributed by atoms with E-state index in [1.807, 2.05) is 54.6 Å². The highest BCUT2D eigenvalue weighted by Crippen LogP contribution is 2.18. The van der Waals surface area contributed by atoms with Crippen LogP contribution in [-0.2, 0) is 6.61 Å². The summed E-state index contributed by atoms with van der Waals surface area (Å²) in [5.74, 6) is 1.67. The van der Waals surface area contributed by atoms with E-state index in [1.54, 1.807) is 7.11 Å². The Bertz CT molecular complexity index is 498. The van der Waals surface area contributed by atoms with Crippen LogP contribution in [0.4, 0.5) is 0 Å². The van der Waals surface area contributed by atoms with Crippen LogP contribution in [0, 0.1) is 0 Å². The lowest BCUT2D eigenvalue weighted by atomic mass is 10.1. The van der Waals surface area contributed by atoms with Crippen molar-refractivity contribution in [3.63, 3.8) is 0 Å². The minimum atomic E-state index is 0.559. The fraction of sp³-hybridized carbons (Fsp3) is 0.125. The number of ether oxygens (including phenoxy) is 2. The van der Waals surface area contributed by atoms with E-state index in [9.17, 15) is 0 Å². The minimum Gasteiger partial charge on any atom is -0.497 e. The Balaban J connectivity index is 1.95. The molecule has 2 heteroatoms. The molecular formula is C16H16O2. The van der Waals surface area contributed by atoms with Gasteiger partial charge in [0, 0.05) is 0 Å². The summed E-state index contributed by atoms with van der Waals surface area (Å²) in [6.45, 7) is 4.29. The third kappa shape index (κ3) is 3.14. The maximum Gasteiger partial charge on any atom is 0.120 e. The molecule has 2 rings (SSSR count). The second-order valence-electron chi connectivity index (χ2n) is 3.91. The van der Waals surface area contributed by atoms with Gasteiger partial charge in [0.05, 0.1) is 7.11 Å². The quantitative estimate of drug-likeness (QED) is 0.788. The molecule has 0 atom stereocenters. The monoisotopic (exact) mass is 240 g/mol. The van der Waals surface area contributed by atoms with Crippen LogP contribution < -0.4 is 9.47 Å². The largest absolute Gasteiger partial charge is 0.497 e. The highest BCUT2D eigenvalue weighted by Gasteiger charge is 1.97. The summed E-state index contributed by atoms with van der Waals surface area (Å²) in [6.07, 6.45) is 1.83. The molecule has 2 aromatic carbocycles. The van der Waals surface area contributed by atoms with E-state index in [-0.39, 0.29) is 0 Å². The lowest BCUT2D eigenvalue weighted by Crippen LogP contribution is -1.95. The summed E-state index contributed by atoms with van der Waals surface area (Å²) in [7, 11) is 1.65. The first-order valence-electron chi connectivity index (χ1n) is 5.80. The zero-order valence-electron chi connectivity index (χ0n) is 10.4. The molecular weight excluding hydrogens is 224 g/mol.